The van der Waals surface area contributed by atoms with Gasteiger partial charge < -0.3 is 20.9 Å². The topological polar surface area (TPSA) is 84.6 Å². The lowest BCUT2D eigenvalue weighted by molar-refractivity contribution is 0.0475. The second kappa shape index (κ2) is 10.2. The van der Waals surface area contributed by atoms with Crippen LogP contribution in [0.1, 0.15) is 38.3 Å². The van der Waals surface area contributed by atoms with Gasteiger partial charge in [0.15, 0.2) is 0 Å². The highest BCUT2D eigenvalue weighted by Gasteiger charge is 2.24. The van der Waals surface area contributed by atoms with Crippen molar-refractivity contribution >= 4 is 6.09 Å². The fourth-order valence-electron chi connectivity index (χ4n) is 3.05. The quantitative estimate of drug-likeness (QED) is 0.651. The third kappa shape index (κ3) is 8.11. The van der Waals surface area contributed by atoms with E-state index >= 15 is 0 Å². The Hall–Kier alpha value is -2.37. The molecule has 0 aliphatic heterocycles. The smallest absolute Gasteiger partial charge is 0.407 e. The van der Waals surface area contributed by atoms with Crippen LogP contribution < -0.4 is 11.1 Å². The minimum absolute atomic E-state index is 0.283. The van der Waals surface area contributed by atoms with Gasteiger partial charge in [-0.2, -0.15) is 0 Å². The Morgan fingerprint density at radius 1 is 1.00 bits per heavy atom. The molecule has 0 aromatic heterocycles. The van der Waals surface area contributed by atoms with Gasteiger partial charge >= 0.3 is 6.09 Å². The monoisotopic (exact) mass is 384 g/mol. The Bertz CT molecular complexity index is 714. The maximum Gasteiger partial charge on any atom is 0.407 e. The van der Waals surface area contributed by atoms with E-state index in [2.05, 4.69) is 5.32 Å². The molecule has 1 amide bonds. The van der Waals surface area contributed by atoms with E-state index in [-0.39, 0.29) is 6.04 Å². The average molecular weight is 385 g/mol. The first kappa shape index (κ1) is 21.9. The van der Waals surface area contributed by atoms with Gasteiger partial charge in [0.2, 0.25) is 0 Å². The number of nitrogens with one attached hydrogen (secondary N) is 1. The molecule has 2 aromatic carbocycles. The molecule has 3 atom stereocenters. The van der Waals surface area contributed by atoms with Crippen molar-refractivity contribution in [1.82, 2.24) is 5.32 Å². The summed E-state index contributed by atoms with van der Waals surface area (Å²) in [5.41, 5.74) is 7.80. The van der Waals surface area contributed by atoms with Gasteiger partial charge in [0.25, 0.3) is 0 Å². The number of amides is 1. The van der Waals surface area contributed by atoms with Gasteiger partial charge in [-0.1, -0.05) is 60.7 Å². The lowest BCUT2D eigenvalue weighted by atomic mass is 9.94. The van der Waals surface area contributed by atoms with Crippen molar-refractivity contribution in [3.05, 3.63) is 71.8 Å². The van der Waals surface area contributed by atoms with E-state index < -0.39 is 23.8 Å². The van der Waals surface area contributed by atoms with E-state index in [1.807, 2.05) is 81.4 Å². The predicted octanol–water partition coefficient (Wildman–Crippen LogP) is 3.44. The van der Waals surface area contributed by atoms with Crippen LogP contribution in [0.3, 0.4) is 0 Å². The summed E-state index contributed by atoms with van der Waals surface area (Å²) in [5, 5.41) is 13.6. The molecular weight excluding hydrogens is 352 g/mol. The highest BCUT2D eigenvalue weighted by Crippen LogP contribution is 2.14. The third-order valence-corrected chi connectivity index (χ3v) is 4.38. The van der Waals surface area contributed by atoms with Crippen LogP contribution in [0.5, 0.6) is 0 Å². The first-order chi connectivity index (χ1) is 13.2. The van der Waals surface area contributed by atoms with Crippen molar-refractivity contribution in [3.63, 3.8) is 0 Å². The summed E-state index contributed by atoms with van der Waals surface area (Å²) < 4.78 is 5.38. The molecule has 0 aliphatic rings. The predicted molar refractivity (Wildman–Crippen MR) is 112 cm³/mol. The zero-order chi connectivity index (χ0) is 20.6. The second-order valence-electron chi connectivity index (χ2n) is 8.19. The summed E-state index contributed by atoms with van der Waals surface area (Å²) in [7, 11) is 0. The molecular formula is C23H32N2O3. The van der Waals surface area contributed by atoms with E-state index in [0.29, 0.717) is 19.3 Å². The standard InChI is InChI=1S/C23H32N2O3/c1-23(2,3)28-22(27)25-19(14-17-10-6-4-7-11-17)16-21(26)20(24)15-18-12-8-5-9-13-18/h4-13,19-21,26H,14-16,24H2,1-3H3,(H,25,27). The fraction of sp³-hybridized carbons (Fsp3) is 0.435. The summed E-state index contributed by atoms with van der Waals surface area (Å²) in [5.74, 6) is 0. The molecule has 0 saturated heterocycles. The first-order valence-corrected chi connectivity index (χ1v) is 9.74. The molecule has 3 unspecified atom stereocenters. The van der Waals surface area contributed by atoms with Gasteiger partial charge in [0.05, 0.1) is 6.10 Å². The van der Waals surface area contributed by atoms with Crippen LogP contribution in [-0.2, 0) is 17.6 Å². The molecule has 28 heavy (non-hydrogen) atoms. The average Bonchev–Trinajstić information content (AvgIpc) is 2.61. The number of carbonyl (C=O) groups is 1. The van der Waals surface area contributed by atoms with Gasteiger partial charge in [0.1, 0.15) is 5.60 Å². The minimum atomic E-state index is -0.746. The van der Waals surface area contributed by atoms with Crippen molar-refractivity contribution in [2.45, 2.75) is 63.8 Å². The zero-order valence-electron chi connectivity index (χ0n) is 17.0. The molecule has 0 aliphatic carbocycles. The van der Waals surface area contributed by atoms with Crippen LogP contribution in [-0.4, -0.2) is 35.0 Å². The summed E-state index contributed by atoms with van der Waals surface area (Å²) in [6, 6.07) is 19.0. The third-order valence-electron chi connectivity index (χ3n) is 4.38. The normalized spacial score (nSPS) is 14.8. The number of alkyl carbamates (subject to hydrolysis) is 1. The summed E-state index contributed by atoms with van der Waals surface area (Å²) in [4.78, 5) is 12.3. The van der Waals surface area contributed by atoms with Crippen molar-refractivity contribution in [1.29, 1.82) is 0 Å². The number of hydrogen-bond donors (Lipinski definition) is 3. The Morgan fingerprint density at radius 3 is 2.00 bits per heavy atom. The minimum Gasteiger partial charge on any atom is -0.444 e. The van der Waals surface area contributed by atoms with E-state index in [9.17, 15) is 9.90 Å². The molecule has 2 aromatic rings. The van der Waals surface area contributed by atoms with Crippen LogP contribution in [0.25, 0.3) is 0 Å². The summed E-state index contributed by atoms with van der Waals surface area (Å²) >= 11 is 0. The van der Waals surface area contributed by atoms with E-state index in [1.165, 1.54) is 0 Å². The summed E-state index contributed by atoms with van der Waals surface area (Å²) in [6.07, 6.45) is 0.283. The Labute approximate surface area is 167 Å². The number of rotatable bonds is 8. The van der Waals surface area contributed by atoms with Gasteiger partial charge in [0, 0.05) is 12.1 Å². The van der Waals surface area contributed by atoms with Gasteiger partial charge in [-0.05, 0) is 51.2 Å². The van der Waals surface area contributed by atoms with Crippen LogP contribution in [0.15, 0.2) is 60.7 Å². The fourth-order valence-corrected chi connectivity index (χ4v) is 3.05. The molecule has 4 N–H and O–H groups in total. The Morgan fingerprint density at radius 2 is 1.50 bits per heavy atom. The Kier molecular flexibility index (Phi) is 8.03. The SMILES string of the molecule is CC(C)(C)OC(=O)NC(Cc1ccccc1)CC(O)C(N)Cc1ccccc1. The van der Waals surface area contributed by atoms with Crippen molar-refractivity contribution < 1.29 is 14.6 Å². The molecule has 0 bridgehead atoms. The maximum absolute atomic E-state index is 12.3. The molecule has 0 fully saturated rings. The van der Waals surface area contributed by atoms with Gasteiger partial charge in [-0.25, -0.2) is 4.79 Å². The molecule has 0 saturated carbocycles. The molecule has 5 nitrogen and oxygen atoms in total. The van der Waals surface area contributed by atoms with Gasteiger partial charge in [-0.3, -0.25) is 0 Å². The number of carbonyl (C=O) groups excluding carboxylic acids is 1. The molecule has 152 valence electrons. The van der Waals surface area contributed by atoms with Crippen LogP contribution >= 0.6 is 0 Å². The van der Waals surface area contributed by atoms with Crippen LogP contribution in [0, 0.1) is 0 Å². The maximum atomic E-state index is 12.3. The lowest BCUT2D eigenvalue weighted by Crippen LogP contribution is -2.46. The van der Waals surface area contributed by atoms with Crippen LogP contribution in [0.2, 0.25) is 0 Å². The number of nitrogens with two attached hydrogens (primary N) is 1. The molecule has 0 heterocycles. The van der Waals surface area contributed by atoms with Gasteiger partial charge in [-0.15, -0.1) is 0 Å². The number of hydrogen-bond acceptors (Lipinski definition) is 4. The van der Waals surface area contributed by atoms with E-state index in [1.54, 1.807) is 0 Å². The molecule has 5 heteroatoms. The number of benzene rings is 2. The number of ether oxygens (including phenoxy) is 1. The van der Waals surface area contributed by atoms with Crippen LogP contribution in [0.4, 0.5) is 4.79 Å². The molecule has 2 rings (SSSR count). The summed E-state index contributed by atoms with van der Waals surface area (Å²) in [6.45, 7) is 5.47. The zero-order valence-corrected chi connectivity index (χ0v) is 17.0. The highest BCUT2D eigenvalue weighted by atomic mass is 16.6. The van der Waals surface area contributed by atoms with E-state index in [4.69, 9.17) is 10.5 Å². The highest BCUT2D eigenvalue weighted by molar-refractivity contribution is 5.68. The first-order valence-electron chi connectivity index (χ1n) is 9.74. The van der Waals surface area contributed by atoms with Crippen molar-refractivity contribution in [2.24, 2.45) is 5.73 Å². The van der Waals surface area contributed by atoms with E-state index in [0.717, 1.165) is 11.1 Å². The van der Waals surface area contributed by atoms with Crippen molar-refractivity contribution in [3.8, 4) is 0 Å². The number of aliphatic hydroxyl groups is 1. The molecule has 0 radical (unpaired) electrons. The van der Waals surface area contributed by atoms with Crippen molar-refractivity contribution in [2.75, 3.05) is 0 Å². The largest absolute Gasteiger partial charge is 0.444 e. The Balaban J connectivity index is 2.01. The number of aliphatic hydroxyl groups excluding tert-OH is 1. The second-order valence-corrected chi connectivity index (χ2v) is 8.19. The lowest BCUT2D eigenvalue weighted by Gasteiger charge is -2.27. The molecule has 0 spiro atoms.